The molecule has 0 aliphatic rings. The standard InChI is InChI=1S/C15H25N3O9.C11H18N2O7/c1-11(19)6-17(8-13(22)23)4-2-16(7-12(20)21)3-5-18(9-14(24)25)10-15(26)27;1-8(14)4-12(5-9(15)16)2-3-13(6-10(17)18)7-11(19)20/h2-10H2,1H3,(H,20,21)(H,22,23)(H,24,25)(H,26,27);2-7H2,1H3,(H,15,16)(H,17,18)(H,19,20). The fourth-order valence-electron chi connectivity index (χ4n) is 3.94. The Morgan fingerprint density at radius 1 is 0.298 bits per heavy atom. The summed E-state index contributed by atoms with van der Waals surface area (Å²) in [6.45, 7) is -0.258. The van der Waals surface area contributed by atoms with Crippen molar-refractivity contribution in [1.82, 2.24) is 24.5 Å². The minimum Gasteiger partial charge on any atom is -0.480 e. The van der Waals surface area contributed by atoms with Crippen molar-refractivity contribution < 1.29 is 78.9 Å². The van der Waals surface area contributed by atoms with E-state index >= 15 is 0 Å². The van der Waals surface area contributed by atoms with E-state index in [0.29, 0.717) is 0 Å². The minimum absolute atomic E-state index is 0.00246. The van der Waals surface area contributed by atoms with Gasteiger partial charge < -0.3 is 35.7 Å². The molecule has 0 unspecified atom stereocenters. The molecule has 0 heterocycles. The molecule has 0 rings (SSSR count). The number of hydrogen-bond acceptors (Lipinski definition) is 14. The van der Waals surface area contributed by atoms with Gasteiger partial charge in [-0.05, 0) is 13.8 Å². The predicted molar refractivity (Wildman–Crippen MR) is 157 cm³/mol. The maximum Gasteiger partial charge on any atom is 0.317 e. The molecule has 0 amide bonds. The van der Waals surface area contributed by atoms with Crippen molar-refractivity contribution in [3.8, 4) is 0 Å². The molecule has 21 heteroatoms. The van der Waals surface area contributed by atoms with Gasteiger partial charge >= 0.3 is 41.8 Å². The van der Waals surface area contributed by atoms with E-state index in [4.69, 9.17) is 35.7 Å². The lowest BCUT2D eigenvalue weighted by Crippen LogP contribution is -2.45. The van der Waals surface area contributed by atoms with E-state index in [1.165, 1.54) is 28.5 Å². The van der Waals surface area contributed by atoms with E-state index in [1.54, 1.807) is 0 Å². The van der Waals surface area contributed by atoms with E-state index in [-0.39, 0.29) is 77.0 Å². The number of carbonyl (C=O) groups excluding carboxylic acids is 2. The molecule has 47 heavy (non-hydrogen) atoms. The molecule has 0 spiro atoms. The molecule has 0 aromatic heterocycles. The maximum absolute atomic E-state index is 11.2. The molecular weight excluding hydrogens is 638 g/mol. The van der Waals surface area contributed by atoms with Crippen LogP contribution >= 0.6 is 0 Å². The van der Waals surface area contributed by atoms with Gasteiger partial charge in [-0.3, -0.25) is 67.7 Å². The van der Waals surface area contributed by atoms with E-state index in [1.807, 2.05) is 0 Å². The number of carboxylic acid groups (broad SMARTS) is 7. The molecule has 0 saturated carbocycles. The Labute approximate surface area is 269 Å². The third kappa shape index (κ3) is 29.9. The molecule has 7 N–H and O–H groups in total. The van der Waals surface area contributed by atoms with Gasteiger partial charge in [0.05, 0.1) is 58.9 Å². The fourth-order valence-corrected chi connectivity index (χ4v) is 3.94. The summed E-state index contributed by atoms with van der Waals surface area (Å²) >= 11 is 0. The van der Waals surface area contributed by atoms with Crippen LogP contribution < -0.4 is 0 Å². The Hall–Kier alpha value is -4.57. The second-order valence-electron chi connectivity index (χ2n) is 10.3. The van der Waals surface area contributed by atoms with E-state index < -0.39 is 74.5 Å². The number of rotatable bonds is 27. The molecule has 0 radical (unpaired) electrons. The minimum atomic E-state index is -1.21. The third-order valence-corrected chi connectivity index (χ3v) is 5.60. The van der Waals surface area contributed by atoms with Gasteiger partial charge in [-0.1, -0.05) is 0 Å². The van der Waals surface area contributed by atoms with Crippen LogP contribution in [-0.2, 0) is 43.2 Å². The zero-order valence-corrected chi connectivity index (χ0v) is 26.1. The van der Waals surface area contributed by atoms with Crippen LogP contribution in [0.15, 0.2) is 0 Å². The van der Waals surface area contributed by atoms with Crippen molar-refractivity contribution in [2.45, 2.75) is 13.8 Å². The lowest BCUT2D eigenvalue weighted by molar-refractivity contribution is -0.144. The second kappa shape index (κ2) is 24.6. The first-order valence-electron chi connectivity index (χ1n) is 13.8. The number of hydrogen-bond donors (Lipinski definition) is 7. The topological polar surface area (TPSA) is 311 Å². The summed E-state index contributed by atoms with van der Waals surface area (Å²) in [5.74, 6) is -8.64. The molecule has 0 fully saturated rings. The Balaban J connectivity index is 0. The summed E-state index contributed by atoms with van der Waals surface area (Å²) < 4.78 is 0. The van der Waals surface area contributed by atoms with Crippen LogP contribution in [0.3, 0.4) is 0 Å². The van der Waals surface area contributed by atoms with Gasteiger partial charge in [-0.2, -0.15) is 0 Å². The van der Waals surface area contributed by atoms with Gasteiger partial charge in [0, 0.05) is 39.3 Å². The Morgan fingerprint density at radius 3 is 0.617 bits per heavy atom. The smallest absolute Gasteiger partial charge is 0.317 e. The SMILES string of the molecule is CC(=O)CN(CCN(CC(=O)O)CC(=O)O)CC(=O)O.CC(=O)CN(CCN(CCN(CC(=O)O)CC(=O)O)CC(=O)O)CC(=O)O. The van der Waals surface area contributed by atoms with Crippen molar-refractivity contribution in [1.29, 1.82) is 0 Å². The van der Waals surface area contributed by atoms with Gasteiger partial charge in [0.15, 0.2) is 0 Å². The van der Waals surface area contributed by atoms with E-state index in [2.05, 4.69) is 0 Å². The average molecular weight is 682 g/mol. The number of Topliss-reactive ketones (excluding diaryl/α,β-unsaturated/α-hetero) is 2. The van der Waals surface area contributed by atoms with Crippen LogP contribution in [0, 0.1) is 0 Å². The summed E-state index contributed by atoms with van der Waals surface area (Å²) in [5, 5.41) is 61.5. The normalized spacial score (nSPS) is 11.0. The number of nitrogens with zero attached hydrogens (tertiary/aromatic N) is 5. The first-order chi connectivity index (χ1) is 21.7. The molecule has 21 nitrogen and oxygen atoms in total. The fraction of sp³-hybridized carbons (Fsp3) is 0.654. The summed E-state index contributed by atoms with van der Waals surface area (Å²) in [6.07, 6.45) is 0. The van der Waals surface area contributed by atoms with Crippen LogP contribution in [-0.4, -0.2) is 212 Å². The quantitative estimate of drug-likeness (QED) is 0.0438. The molecule has 0 aromatic carbocycles. The molecular formula is C26H43N5O16. The van der Waals surface area contributed by atoms with Gasteiger partial charge in [-0.25, -0.2) is 0 Å². The number of aliphatic carboxylic acids is 7. The third-order valence-electron chi connectivity index (χ3n) is 5.60. The molecule has 0 aromatic rings. The number of ketones is 2. The Morgan fingerprint density at radius 2 is 0.447 bits per heavy atom. The summed E-state index contributed by atoms with van der Waals surface area (Å²) in [4.78, 5) is 104. The first-order valence-corrected chi connectivity index (χ1v) is 13.8. The van der Waals surface area contributed by atoms with Crippen molar-refractivity contribution in [3.63, 3.8) is 0 Å². The van der Waals surface area contributed by atoms with Crippen molar-refractivity contribution >= 4 is 53.4 Å². The lowest BCUT2D eigenvalue weighted by atomic mass is 10.3. The van der Waals surface area contributed by atoms with E-state index in [0.717, 1.165) is 9.80 Å². The van der Waals surface area contributed by atoms with Crippen LogP contribution in [0.5, 0.6) is 0 Å². The Kier molecular flexibility index (Phi) is 23.4. The number of carbonyl (C=O) groups is 9. The number of carboxylic acids is 7. The largest absolute Gasteiger partial charge is 0.480 e. The molecule has 0 atom stereocenters. The second-order valence-corrected chi connectivity index (χ2v) is 10.3. The van der Waals surface area contributed by atoms with E-state index in [9.17, 15) is 43.2 Å². The summed E-state index contributed by atoms with van der Waals surface area (Å²) in [7, 11) is 0. The zero-order chi connectivity index (χ0) is 36.7. The van der Waals surface area contributed by atoms with Gasteiger partial charge in [0.2, 0.25) is 0 Å². The van der Waals surface area contributed by atoms with Crippen LogP contribution in [0.1, 0.15) is 13.8 Å². The molecule has 0 saturated heterocycles. The molecule has 0 bridgehead atoms. The Bertz CT molecular complexity index is 961. The van der Waals surface area contributed by atoms with Crippen molar-refractivity contribution in [2.75, 3.05) is 98.2 Å². The van der Waals surface area contributed by atoms with Crippen molar-refractivity contribution in [2.24, 2.45) is 0 Å². The maximum atomic E-state index is 11.2. The molecule has 268 valence electrons. The molecule has 0 aliphatic carbocycles. The molecule has 0 aliphatic heterocycles. The van der Waals surface area contributed by atoms with Gasteiger partial charge in [-0.15, -0.1) is 0 Å². The summed E-state index contributed by atoms with van der Waals surface area (Å²) in [5.41, 5.74) is 0. The highest BCUT2D eigenvalue weighted by atomic mass is 16.4. The van der Waals surface area contributed by atoms with Crippen LogP contribution in [0.25, 0.3) is 0 Å². The first kappa shape index (κ1) is 44.6. The predicted octanol–water partition coefficient (Wildman–Crippen LogP) is -3.75. The zero-order valence-electron chi connectivity index (χ0n) is 26.1. The lowest BCUT2D eigenvalue weighted by Gasteiger charge is -2.27. The van der Waals surface area contributed by atoms with Gasteiger partial charge in [0.25, 0.3) is 0 Å². The monoisotopic (exact) mass is 681 g/mol. The van der Waals surface area contributed by atoms with Crippen LogP contribution in [0.2, 0.25) is 0 Å². The van der Waals surface area contributed by atoms with Gasteiger partial charge in [0.1, 0.15) is 11.6 Å². The van der Waals surface area contributed by atoms with Crippen molar-refractivity contribution in [3.05, 3.63) is 0 Å². The highest BCUT2D eigenvalue weighted by Crippen LogP contribution is 1.98. The average Bonchev–Trinajstić information content (AvgIpc) is 2.86. The highest BCUT2D eigenvalue weighted by molar-refractivity contribution is 5.79. The summed E-state index contributed by atoms with van der Waals surface area (Å²) in [6, 6.07) is 0. The van der Waals surface area contributed by atoms with Crippen LogP contribution in [0.4, 0.5) is 0 Å². The highest BCUT2D eigenvalue weighted by Gasteiger charge is 2.19.